The monoisotopic (exact) mass is 1450 g/mol. The molecule has 3 N–H and O–H groups in total. The van der Waals surface area contributed by atoms with Gasteiger partial charge in [0.15, 0.2) is 12.2 Å². The van der Waals surface area contributed by atoms with Gasteiger partial charge in [-0.05, 0) is 37.5 Å². The van der Waals surface area contributed by atoms with E-state index in [0.29, 0.717) is 25.7 Å². The molecule has 0 bridgehead atoms. The van der Waals surface area contributed by atoms with Gasteiger partial charge in [0.2, 0.25) is 0 Å². The number of carbonyl (C=O) groups is 4. The zero-order chi connectivity index (χ0) is 72.8. The summed E-state index contributed by atoms with van der Waals surface area (Å²) < 4.78 is 68.5. The van der Waals surface area contributed by atoms with Gasteiger partial charge in [-0.1, -0.05) is 369 Å². The molecular formula is C80H156O17P2. The molecule has 0 aliphatic heterocycles. The van der Waals surface area contributed by atoms with Gasteiger partial charge in [0.05, 0.1) is 26.4 Å². The molecule has 0 fully saturated rings. The van der Waals surface area contributed by atoms with Crippen molar-refractivity contribution in [2.75, 3.05) is 39.6 Å². The first-order chi connectivity index (χ1) is 47.9. The molecule has 0 aromatic heterocycles. The van der Waals surface area contributed by atoms with E-state index >= 15 is 0 Å². The minimum Gasteiger partial charge on any atom is -0.462 e. The van der Waals surface area contributed by atoms with E-state index in [0.717, 1.165) is 108 Å². The number of carbonyl (C=O) groups excluding carboxylic acids is 4. The smallest absolute Gasteiger partial charge is 0.462 e. The minimum atomic E-state index is -4.96. The Bertz CT molecular complexity index is 1910. The van der Waals surface area contributed by atoms with Crippen molar-refractivity contribution in [3.8, 4) is 0 Å². The molecule has 0 rings (SSSR count). The number of phosphoric ester groups is 2. The third-order valence-corrected chi connectivity index (χ3v) is 20.6. The predicted molar refractivity (Wildman–Crippen MR) is 405 cm³/mol. The Morgan fingerprint density at radius 2 is 0.465 bits per heavy atom. The SMILES string of the molecule is CCCCCCCCCCCCCCCCCCCCCCCCC(=O)O[C@H](COC(=O)CCCCCCCCCCCCCCCCCC(C)C)COP(=O)(O)OC[C@@H](O)COP(=O)(O)OC[C@@H](COC(=O)CCCCCCCCCC)OC(=O)CCCCCCCCCCC(C)C. The van der Waals surface area contributed by atoms with Gasteiger partial charge in [0.25, 0.3) is 0 Å². The molecule has 19 heteroatoms. The van der Waals surface area contributed by atoms with E-state index in [2.05, 4.69) is 41.5 Å². The van der Waals surface area contributed by atoms with Crippen molar-refractivity contribution in [2.24, 2.45) is 11.8 Å². The number of hydrogen-bond acceptors (Lipinski definition) is 15. The number of esters is 4. The lowest BCUT2D eigenvalue weighted by atomic mass is 10.0. The summed E-state index contributed by atoms with van der Waals surface area (Å²) in [5.41, 5.74) is 0. The van der Waals surface area contributed by atoms with Crippen LogP contribution in [0.2, 0.25) is 0 Å². The van der Waals surface area contributed by atoms with Gasteiger partial charge in [-0.25, -0.2) is 9.13 Å². The normalized spacial score (nSPS) is 13.9. The summed E-state index contributed by atoms with van der Waals surface area (Å²) in [6, 6.07) is 0. The Kier molecular flexibility index (Phi) is 70.3. The average molecular weight is 1450 g/mol. The molecule has 0 aromatic rings. The molecule has 99 heavy (non-hydrogen) atoms. The predicted octanol–water partition coefficient (Wildman–Crippen LogP) is 23.9. The Morgan fingerprint density at radius 1 is 0.273 bits per heavy atom. The molecule has 0 aliphatic rings. The van der Waals surface area contributed by atoms with E-state index in [4.69, 9.17) is 37.0 Å². The van der Waals surface area contributed by atoms with Crippen LogP contribution in [0.1, 0.15) is 420 Å². The standard InChI is InChI=1S/C80H156O17P2/c1-7-9-11-13-15-17-18-19-20-21-22-23-24-25-26-29-33-36-39-46-52-58-64-79(84)96-76(69-91-78(83)63-57-51-45-38-35-32-30-27-28-31-34-37-42-48-54-60-72(3)4)71-95-99(88,89)93-67-74(81)66-92-98(86,87)94-70-75(68-90-77(82)62-56-50-44-16-14-12-10-8-2)97-80(85)65-59-53-47-41-40-43-49-55-61-73(5)6/h72-76,81H,7-71H2,1-6H3,(H,86,87)(H,88,89)/t74-,75+,76+/m0/s1. The topological polar surface area (TPSA) is 237 Å². The third kappa shape index (κ3) is 74.1. The maximum atomic E-state index is 13.1. The molecule has 0 aliphatic carbocycles. The van der Waals surface area contributed by atoms with Crippen molar-refractivity contribution < 1.29 is 80.2 Å². The summed E-state index contributed by atoms with van der Waals surface area (Å²) in [6.07, 6.45) is 61.4. The number of aliphatic hydroxyl groups is 1. The van der Waals surface area contributed by atoms with Crippen molar-refractivity contribution in [1.82, 2.24) is 0 Å². The first kappa shape index (κ1) is 97.1. The van der Waals surface area contributed by atoms with Crippen LogP contribution in [0.3, 0.4) is 0 Å². The van der Waals surface area contributed by atoms with Crippen LogP contribution in [0.5, 0.6) is 0 Å². The minimum absolute atomic E-state index is 0.105. The Balaban J connectivity index is 5.16. The average Bonchev–Trinajstić information content (AvgIpc) is 1.01. The first-order valence-corrected chi connectivity index (χ1v) is 44.5. The van der Waals surface area contributed by atoms with E-state index in [9.17, 15) is 43.2 Å². The number of ether oxygens (including phenoxy) is 4. The molecule has 0 radical (unpaired) electrons. The molecule has 0 amide bonds. The van der Waals surface area contributed by atoms with Crippen molar-refractivity contribution in [3.05, 3.63) is 0 Å². The highest BCUT2D eigenvalue weighted by Gasteiger charge is 2.30. The Morgan fingerprint density at radius 3 is 0.687 bits per heavy atom. The van der Waals surface area contributed by atoms with Gasteiger partial charge in [-0.15, -0.1) is 0 Å². The quantitative estimate of drug-likeness (QED) is 0.0222. The molecular weight excluding hydrogens is 1290 g/mol. The summed E-state index contributed by atoms with van der Waals surface area (Å²) >= 11 is 0. The van der Waals surface area contributed by atoms with Crippen molar-refractivity contribution in [3.63, 3.8) is 0 Å². The van der Waals surface area contributed by atoms with Crippen LogP contribution >= 0.6 is 15.6 Å². The molecule has 0 spiro atoms. The Labute approximate surface area is 607 Å². The summed E-state index contributed by atoms with van der Waals surface area (Å²) in [6.45, 7) is 9.57. The van der Waals surface area contributed by atoms with E-state index in [1.807, 2.05) is 0 Å². The van der Waals surface area contributed by atoms with Gasteiger partial charge >= 0.3 is 39.5 Å². The van der Waals surface area contributed by atoms with Crippen molar-refractivity contribution in [2.45, 2.75) is 439 Å². The fourth-order valence-electron chi connectivity index (χ4n) is 12.4. The van der Waals surface area contributed by atoms with Crippen LogP contribution in [0.4, 0.5) is 0 Å². The number of hydrogen-bond donors (Lipinski definition) is 3. The zero-order valence-electron chi connectivity index (χ0n) is 64.8. The maximum Gasteiger partial charge on any atom is 0.472 e. The lowest BCUT2D eigenvalue weighted by Gasteiger charge is -2.21. The van der Waals surface area contributed by atoms with Crippen LogP contribution in [0.25, 0.3) is 0 Å². The number of rotatable bonds is 79. The largest absolute Gasteiger partial charge is 0.472 e. The van der Waals surface area contributed by atoms with E-state index in [1.54, 1.807) is 0 Å². The van der Waals surface area contributed by atoms with Crippen LogP contribution in [0.15, 0.2) is 0 Å². The van der Waals surface area contributed by atoms with Crippen LogP contribution in [-0.4, -0.2) is 96.7 Å². The summed E-state index contributed by atoms with van der Waals surface area (Å²) in [5.74, 6) is -0.592. The van der Waals surface area contributed by atoms with Gasteiger partial charge in [0, 0.05) is 25.7 Å². The number of aliphatic hydroxyl groups excluding tert-OH is 1. The molecule has 0 saturated heterocycles. The van der Waals surface area contributed by atoms with Gasteiger partial charge in [-0.2, -0.15) is 0 Å². The molecule has 0 heterocycles. The van der Waals surface area contributed by atoms with E-state index in [-0.39, 0.29) is 25.7 Å². The van der Waals surface area contributed by atoms with Crippen LogP contribution < -0.4 is 0 Å². The molecule has 588 valence electrons. The van der Waals surface area contributed by atoms with E-state index < -0.39 is 97.5 Å². The lowest BCUT2D eigenvalue weighted by Crippen LogP contribution is -2.30. The maximum absolute atomic E-state index is 13.1. The summed E-state index contributed by atoms with van der Waals surface area (Å²) in [4.78, 5) is 72.8. The molecule has 0 aromatic carbocycles. The molecule has 17 nitrogen and oxygen atoms in total. The molecule has 5 atom stereocenters. The second kappa shape index (κ2) is 71.7. The summed E-state index contributed by atoms with van der Waals surface area (Å²) in [5, 5.41) is 10.6. The number of unbranched alkanes of at least 4 members (excludes halogenated alkanes) is 49. The fraction of sp³-hybridized carbons (Fsp3) is 0.950. The second-order valence-corrected chi connectivity index (χ2v) is 32.7. The second-order valence-electron chi connectivity index (χ2n) is 29.8. The van der Waals surface area contributed by atoms with Gasteiger partial charge in [-0.3, -0.25) is 37.3 Å². The van der Waals surface area contributed by atoms with Crippen LogP contribution in [-0.2, 0) is 65.4 Å². The highest BCUT2D eigenvalue weighted by atomic mass is 31.2. The molecule has 2 unspecified atom stereocenters. The Hall–Kier alpha value is -1.94. The van der Waals surface area contributed by atoms with Crippen LogP contribution in [0, 0.1) is 11.8 Å². The van der Waals surface area contributed by atoms with Crippen molar-refractivity contribution >= 4 is 39.5 Å². The lowest BCUT2D eigenvalue weighted by molar-refractivity contribution is -0.161. The van der Waals surface area contributed by atoms with Gasteiger partial charge < -0.3 is 33.8 Å². The summed E-state index contributed by atoms with van der Waals surface area (Å²) in [7, 11) is -9.91. The number of phosphoric acid groups is 2. The fourth-order valence-corrected chi connectivity index (χ4v) is 13.9. The highest BCUT2D eigenvalue weighted by molar-refractivity contribution is 7.47. The van der Waals surface area contributed by atoms with Crippen molar-refractivity contribution in [1.29, 1.82) is 0 Å². The third-order valence-electron chi connectivity index (χ3n) is 18.7. The molecule has 0 saturated carbocycles. The highest BCUT2D eigenvalue weighted by Crippen LogP contribution is 2.45. The first-order valence-electron chi connectivity index (χ1n) is 41.5. The van der Waals surface area contributed by atoms with Gasteiger partial charge in [0.1, 0.15) is 19.3 Å². The van der Waals surface area contributed by atoms with E-state index in [1.165, 1.54) is 231 Å². The zero-order valence-corrected chi connectivity index (χ0v) is 66.6.